The normalized spacial score (nSPS) is 15.3. The van der Waals surface area contributed by atoms with Gasteiger partial charge in [0.05, 0.1) is 26.0 Å². The van der Waals surface area contributed by atoms with Gasteiger partial charge in [-0.25, -0.2) is 4.99 Å². The highest BCUT2D eigenvalue weighted by Gasteiger charge is 2.12. The second-order valence-corrected chi connectivity index (χ2v) is 5.40. The minimum atomic E-state index is -0.276. The van der Waals surface area contributed by atoms with Crippen LogP contribution in [0.25, 0.3) is 0 Å². The molecule has 1 aromatic heterocycles. The third-order valence-corrected chi connectivity index (χ3v) is 3.72. The van der Waals surface area contributed by atoms with Gasteiger partial charge in [-0.3, -0.25) is 4.79 Å². The van der Waals surface area contributed by atoms with Gasteiger partial charge in [0.25, 0.3) is 5.91 Å². The van der Waals surface area contributed by atoms with Crippen LogP contribution in [0.5, 0.6) is 0 Å². The topological polar surface area (TPSA) is 93.1 Å². The summed E-state index contributed by atoms with van der Waals surface area (Å²) in [5, 5.41) is 2.77. The molecule has 126 valence electrons. The molecular formula is C17H20N4O3. The maximum absolute atomic E-state index is 11.9. The lowest BCUT2D eigenvalue weighted by molar-refractivity contribution is 0.0674. The molecule has 1 aromatic carbocycles. The summed E-state index contributed by atoms with van der Waals surface area (Å²) < 4.78 is 10.3. The molecule has 2 heterocycles. The Hall–Kier alpha value is -2.80. The molecule has 3 rings (SSSR count). The van der Waals surface area contributed by atoms with E-state index in [1.165, 1.54) is 6.26 Å². The highest BCUT2D eigenvalue weighted by Crippen LogP contribution is 2.12. The Kier molecular flexibility index (Phi) is 5.12. The Morgan fingerprint density at radius 3 is 2.62 bits per heavy atom. The summed E-state index contributed by atoms with van der Waals surface area (Å²) in [6.45, 7) is 3.40. The van der Waals surface area contributed by atoms with Crippen molar-refractivity contribution in [1.29, 1.82) is 0 Å². The van der Waals surface area contributed by atoms with Crippen LogP contribution in [0.15, 0.2) is 52.1 Å². The average Bonchev–Trinajstić information content (AvgIpc) is 3.16. The van der Waals surface area contributed by atoms with Crippen LogP contribution in [-0.2, 0) is 11.3 Å². The molecule has 1 amide bonds. The van der Waals surface area contributed by atoms with Crippen molar-refractivity contribution >= 4 is 17.6 Å². The highest BCUT2D eigenvalue weighted by atomic mass is 16.5. The molecule has 0 radical (unpaired) electrons. The second-order valence-electron chi connectivity index (χ2n) is 5.40. The molecule has 0 aliphatic carbocycles. The van der Waals surface area contributed by atoms with Crippen molar-refractivity contribution in [1.82, 2.24) is 4.90 Å². The second kappa shape index (κ2) is 7.65. The Bertz CT molecular complexity index is 689. The van der Waals surface area contributed by atoms with Crippen molar-refractivity contribution in [3.8, 4) is 0 Å². The zero-order chi connectivity index (χ0) is 16.8. The summed E-state index contributed by atoms with van der Waals surface area (Å²) in [6.07, 6.45) is 1.47. The number of carbonyl (C=O) groups is 1. The van der Waals surface area contributed by atoms with E-state index < -0.39 is 0 Å². The minimum absolute atomic E-state index is 0.276. The summed E-state index contributed by atoms with van der Waals surface area (Å²) in [4.78, 5) is 18.3. The third kappa shape index (κ3) is 4.14. The number of nitrogens with two attached hydrogens (primary N) is 1. The van der Waals surface area contributed by atoms with Crippen LogP contribution in [0.1, 0.15) is 16.1 Å². The molecule has 1 aliphatic rings. The van der Waals surface area contributed by atoms with E-state index in [0.717, 1.165) is 18.7 Å². The molecule has 1 aliphatic heterocycles. The SMILES string of the molecule is NC(=NCc1ccc(NC(=O)c2ccco2)cc1)N1CCOCC1. The molecule has 7 nitrogen and oxygen atoms in total. The molecule has 0 saturated carbocycles. The van der Waals surface area contributed by atoms with E-state index in [2.05, 4.69) is 10.3 Å². The largest absolute Gasteiger partial charge is 0.459 e. The van der Waals surface area contributed by atoms with E-state index in [1.807, 2.05) is 29.2 Å². The zero-order valence-corrected chi connectivity index (χ0v) is 13.3. The molecule has 2 aromatic rings. The van der Waals surface area contributed by atoms with Crippen LogP contribution in [-0.4, -0.2) is 43.1 Å². The Morgan fingerprint density at radius 1 is 1.21 bits per heavy atom. The number of hydrogen-bond donors (Lipinski definition) is 2. The van der Waals surface area contributed by atoms with Crippen LogP contribution in [0.4, 0.5) is 5.69 Å². The molecular weight excluding hydrogens is 308 g/mol. The number of anilines is 1. The molecule has 7 heteroatoms. The van der Waals surface area contributed by atoms with Crippen LogP contribution in [0.3, 0.4) is 0 Å². The van der Waals surface area contributed by atoms with Crippen molar-refractivity contribution in [2.45, 2.75) is 6.54 Å². The summed E-state index contributed by atoms with van der Waals surface area (Å²) in [6, 6.07) is 10.8. The molecule has 0 unspecified atom stereocenters. The predicted molar refractivity (Wildman–Crippen MR) is 90.8 cm³/mol. The zero-order valence-electron chi connectivity index (χ0n) is 13.3. The molecule has 1 saturated heterocycles. The Labute approximate surface area is 140 Å². The van der Waals surface area contributed by atoms with Gasteiger partial charge in [-0.1, -0.05) is 12.1 Å². The lowest BCUT2D eigenvalue weighted by Crippen LogP contribution is -2.44. The number of hydrogen-bond acceptors (Lipinski definition) is 4. The van der Waals surface area contributed by atoms with Gasteiger partial charge in [0, 0.05) is 18.8 Å². The van der Waals surface area contributed by atoms with Crippen molar-refractivity contribution < 1.29 is 13.9 Å². The molecule has 0 spiro atoms. The quantitative estimate of drug-likeness (QED) is 0.658. The number of furan rings is 1. The summed E-state index contributed by atoms with van der Waals surface area (Å²) in [5.74, 6) is 0.540. The van der Waals surface area contributed by atoms with Gasteiger partial charge in [0.2, 0.25) is 0 Å². The minimum Gasteiger partial charge on any atom is -0.459 e. The van der Waals surface area contributed by atoms with Gasteiger partial charge in [0.15, 0.2) is 11.7 Å². The first kappa shape index (κ1) is 16.1. The third-order valence-electron chi connectivity index (χ3n) is 3.72. The Balaban J connectivity index is 1.55. The van der Waals surface area contributed by atoms with Gasteiger partial charge in [0.1, 0.15) is 0 Å². The smallest absolute Gasteiger partial charge is 0.291 e. The highest BCUT2D eigenvalue weighted by molar-refractivity contribution is 6.02. The number of ether oxygens (including phenoxy) is 1. The van der Waals surface area contributed by atoms with E-state index in [-0.39, 0.29) is 11.7 Å². The first-order valence-electron chi connectivity index (χ1n) is 7.79. The van der Waals surface area contributed by atoms with E-state index in [9.17, 15) is 4.79 Å². The number of nitrogens with one attached hydrogen (secondary N) is 1. The van der Waals surface area contributed by atoms with Crippen LogP contribution < -0.4 is 11.1 Å². The molecule has 24 heavy (non-hydrogen) atoms. The lowest BCUT2D eigenvalue weighted by Gasteiger charge is -2.27. The predicted octanol–water partition coefficient (Wildman–Crippen LogP) is 1.68. The Morgan fingerprint density at radius 2 is 1.96 bits per heavy atom. The van der Waals surface area contributed by atoms with Gasteiger partial charge in [-0.2, -0.15) is 0 Å². The fourth-order valence-corrected chi connectivity index (χ4v) is 2.36. The number of carbonyl (C=O) groups excluding carboxylic acids is 1. The summed E-state index contributed by atoms with van der Waals surface area (Å²) in [7, 11) is 0. The number of aliphatic imine (C=N–C) groups is 1. The monoisotopic (exact) mass is 328 g/mol. The molecule has 0 atom stereocenters. The van der Waals surface area contributed by atoms with Crippen molar-refractivity contribution in [3.05, 3.63) is 54.0 Å². The van der Waals surface area contributed by atoms with E-state index >= 15 is 0 Å². The number of guanidine groups is 1. The maximum Gasteiger partial charge on any atom is 0.291 e. The van der Waals surface area contributed by atoms with E-state index in [0.29, 0.717) is 31.4 Å². The van der Waals surface area contributed by atoms with E-state index in [4.69, 9.17) is 14.9 Å². The molecule has 3 N–H and O–H groups in total. The maximum atomic E-state index is 11.9. The number of amides is 1. The van der Waals surface area contributed by atoms with Crippen molar-refractivity contribution in [2.75, 3.05) is 31.6 Å². The molecule has 0 bridgehead atoms. The van der Waals surface area contributed by atoms with Crippen LogP contribution >= 0.6 is 0 Å². The van der Waals surface area contributed by atoms with Gasteiger partial charge >= 0.3 is 0 Å². The van der Waals surface area contributed by atoms with Gasteiger partial charge < -0.3 is 25.1 Å². The molecule has 1 fully saturated rings. The summed E-state index contributed by atoms with van der Waals surface area (Å²) in [5.41, 5.74) is 7.71. The number of morpholine rings is 1. The first-order chi connectivity index (χ1) is 11.7. The number of nitrogens with zero attached hydrogens (tertiary/aromatic N) is 2. The lowest BCUT2D eigenvalue weighted by atomic mass is 10.2. The van der Waals surface area contributed by atoms with Crippen LogP contribution in [0.2, 0.25) is 0 Å². The van der Waals surface area contributed by atoms with Gasteiger partial charge in [-0.15, -0.1) is 0 Å². The summed E-state index contributed by atoms with van der Waals surface area (Å²) >= 11 is 0. The fraction of sp³-hybridized carbons (Fsp3) is 0.294. The van der Waals surface area contributed by atoms with Crippen molar-refractivity contribution in [3.63, 3.8) is 0 Å². The van der Waals surface area contributed by atoms with Gasteiger partial charge in [-0.05, 0) is 29.8 Å². The number of benzene rings is 1. The standard InChI is InChI=1S/C17H20N4O3/c18-17(21-7-10-23-11-8-21)19-12-13-3-5-14(6-4-13)20-16(22)15-2-1-9-24-15/h1-6,9H,7-8,10-12H2,(H2,18,19)(H,20,22). The van der Waals surface area contributed by atoms with E-state index in [1.54, 1.807) is 12.1 Å². The fourth-order valence-electron chi connectivity index (χ4n) is 2.36. The van der Waals surface area contributed by atoms with Crippen molar-refractivity contribution in [2.24, 2.45) is 10.7 Å². The van der Waals surface area contributed by atoms with Crippen LogP contribution in [0, 0.1) is 0 Å². The number of rotatable bonds is 4. The first-order valence-corrected chi connectivity index (χ1v) is 7.79. The average molecular weight is 328 g/mol.